The van der Waals surface area contributed by atoms with E-state index in [1.807, 2.05) is 24.3 Å². The van der Waals surface area contributed by atoms with Crippen molar-refractivity contribution in [3.63, 3.8) is 0 Å². The molecule has 142 valence electrons. The van der Waals surface area contributed by atoms with E-state index < -0.39 is 0 Å². The molecule has 3 rings (SSSR count). The fourth-order valence-electron chi connectivity index (χ4n) is 4.03. The van der Waals surface area contributed by atoms with Crippen LogP contribution in [0.25, 0.3) is 0 Å². The highest BCUT2D eigenvalue weighted by molar-refractivity contribution is 5.88. The monoisotopic (exact) mass is 359 g/mol. The minimum absolute atomic E-state index is 0.0695. The topological polar surface area (TPSA) is 70.7 Å². The molecule has 1 aromatic rings. The summed E-state index contributed by atoms with van der Waals surface area (Å²) in [5.41, 5.74) is 2.14. The molecule has 2 saturated heterocycles. The lowest BCUT2D eigenvalue weighted by atomic mass is 9.74. The molecule has 0 aromatic heterocycles. The van der Waals surface area contributed by atoms with E-state index >= 15 is 0 Å². The number of ether oxygens (including phenoxy) is 1. The van der Waals surface area contributed by atoms with Crippen LogP contribution >= 0.6 is 0 Å². The maximum Gasteiger partial charge on any atom is 0.234 e. The van der Waals surface area contributed by atoms with Crippen LogP contribution in [0.3, 0.4) is 0 Å². The van der Waals surface area contributed by atoms with Crippen LogP contribution in [-0.2, 0) is 20.9 Å². The summed E-state index contributed by atoms with van der Waals surface area (Å²) in [5, 5.41) is 5.74. The summed E-state index contributed by atoms with van der Waals surface area (Å²) in [4.78, 5) is 25.7. The average molecular weight is 359 g/mol. The average Bonchev–Trinajstić information content (AvgIpc) is 2.61. The molecule has 0 atom stereocenters. The lowest BCUT2D eigenvalue weighted by Crippen LogP contribution is -2.49. The Morgan fingerprint density at radius 2 is 1.88 bits per heavy atom. The molecule has 1 spiro atoms. The van der Waals surface area contributed by atoms with Crippen molar-refractivity contribution >= 4 is 17.5 Å². The van der Waals surface area contributed by atoms with Gasteiger partial charge in [-0.25, -0.2) is 0 Å². The summed E-state index contributed by atoms with van der Waals surface area (Å²) in [7, 11) is 0. The van der Waals surface area contributed by atoms with Crippen molar-refractivity contribution in [1.82, 2.24) is 10.2 Å². The Balaban J connectivity index is 1.44. The summed E-state index contributed by atoms with van der Waals surface area (Å²) in [6, 6.07) is 7.54. The molecule has 0 unspecified atom stereocenters. The minimum atomic E-state index is -0.0881. The van der Waals surface area contributed by atoms with E-state index in [1.165, 1.54) is 13.3 Å². The van der Waals surface area contributed by atoms with Crippen LogP contribution < -0.4 is 10.6 Å². The quantitative estimate of drug-likeness (QED) is 0.845. The number of carbonyl (C=O) groups is 2. The lowest BCUT2D eigenvalue weighted by Gasteiger charge is -2.44. The van der Waals surface area contributed by atoms with Gasteiger partial charge in [0.25, 0.3) is 0 Å². The van der Waals surface area contributed by atoms with Gasteiger partial charge in [0.15, 0.2) is 0 Å². The first-order valence-corrected chi connectivity index (χ1v) is 9.48. The van der Waals surface area contributed by atoms with Crippen LogP contribution in [0.15, 0.2) is 24.3 Å². The molecular formula is C20H29N3O3. The van der Waals surface area contributed by atoms with E-state index in [-0.39, 0.29) is 11.8 Å². The van der Waals surface area contributed by atoms with Crippen molar-refractivity contribution in [2.24, 2.45) is 5.41 Å². The lowest BCUT2D eigenvalue weighted by molar-refractivity contribution is -0.123. The van der Waals surface area contributed by atoms with Crippen LogP contribution in [0.1, 0.15) is 38.2 Å². The van der Waals surface area contributed by atoms with Crippen molar-refractivity contribution < 1.29 is 14.3 Å². The van der Waals surface area contributed by atoms with Crippen molar-refractivity contribution in [3.05, 3.63) is 29.8 Å². The van der Waals surface area contributed by atoms with E-state index in [1.54, 1.807) is 0 Å². The Morgan fingerprint density at radius 1 is 1.15 bits per heavy atom. The Bertz CT molecular complexity index is 618. The highest BCUT2D eigenvalue weighted by Crippen LogP contribution is 2.38. The number of rotatable bonds is 5. The summed E-state index contributed by atoms with van der Waals surface area (Å²) < 4.78 is 5.51. The van der Waals surface area contributed by atoms with Gasteiger partial charge in [0.2, 0.25) is 11.8 Å². The molecule has 2 aliphatic rings. The summed E-state index contributed by atoms with van der Waals surface area (Å²) >= 11 is 0. The van der Waals surface area contributed by atoms with Gasteiger partial charge >= 0.3 is 0 Å². The number of nitrogens with one attached hydrogen (secondary N) is 2. The Kier molecular flexibility index (Phi) is 6.27. The van der Waals surface area contributed by atoms with Crippen molar-refractivity contribution in [1.29, 1.82) is 0 Å². The molecule has 2 fully saturated rings. The van der Waals surface area contributed by atoms with Gasteiger partial charge in [-0.3, -0.25) is 14.5 Å². The van der Waals surface area contributed by atoms with Gasteiger partial charge in [-0.2, -0.15) is 0 Å². The maximum atomic E-state index is 12.3. The van der Waals surface area contributed by atoms with Gasteiger partial charge in [0, 0.05) is 38.9 Å². The van der Waals surface area contributed by atoms with Gasteiger partial charge in [-0.15, -0.1) is 0 Å². The second-order valence-electron chi connectivity index (χ2n) is 7.58. The summed E-state index contributed by atoms with van der Waals surface area (Å²) in [5.74, 6) is -0.0186. The van der Waals surface area contributed by atoms with Crippen molar-refractivity contribution in [2.45, 2.75) is 39.2 Å². The van der Waals surface area contributed by atoms with Gasteiger partial charge < -0.3 is 15.4 Å². The Morgan fingerprint density at radius 3 is 2.58 bits per heavy atom. The van der Waals surface area contributed by atoms with Crippen LogP contribution in [0.2, 0.25) is 0 Å². The third kappa shape index (κ3) is 5.29. The predicted octanol–water partition coefficient (Wildman–Crippen LogP) is 2.15. The molecule has 2 aliphatic heterocycles. The SMILES string of the molecule is CC(=O)Nc1ccc(CNC(=O)CN2CCCC3(CCOCC3)C2)cc1. The van der Waals surface area contributed by atoms with Crippen LogP contribution in [0.4, 0.5) is 5.69 Å². The fraction of sp³-hybridized carbons (Fsp3) is 0.600. The standard InChI is InChI=1S/C20H29N3O3/c1-16(24)22-18-5-3-17(4-6-18)13-21-19(25)14-23-10-2-7-20(15-23)8-11-26-12-9-20/h3-6H,2,7-15H2,1H3,(H,21,25)(H,22,24). The van der Waals surface area contributed by atoms with Crippen LogP contribution in [0, 0.1) is 5.41 Å². The zero-order valence-corrected chi connectivity index (χ0v) is 15.6. The van der Waals surface area contributed by atoms with Crippen molar-refractivity contribution in [2.75, 3.05) is 38.2 Å². The maximum absolute atomic E-state index is 12.3. The molecular weight excluding hydrogens is 330 g/mol. The number of benzene rings is 1. The van der Waals surface area contributed by atoms with E-state index in [0.29, 0.717) is 18.5 Å². The molecule has 6 nitrogen and oxygen atoms in total. The van der Waals surface area contributed by atoms with E-state index in [0.717, 1.165) is 56.8 Å². The molecule has 2 heterocycles. The highest BCUT2D eigenvalue weighted by atomic mass is 16.5. The van der Waals surface area contributed by atoms with Gasteiger partial charge in [-0.05, 0) is 55.3 Å². The molecule has 0 saturated carbocycles. The number of hydrogen-bond acceptors (Lipinski definition) is 4. The summed E-state index contributed by atoms with van der Waals surface area (Å²) in [6.07, 6.45) is 4.66. The minimum Gasteiger partial charge on any atom is -0.381 e. The number of piperidine rings is 1. The van der Waals surface area contributed by atoms with E-state index in [2.05, 4.69) is 15.5 Å². The van der Waals surface area contributed by atoms with E-state index in [4.69, 9.17) is 4.74 Å². The van der Waals surface area contributed by atoms with Crippen LogP contribution in [0.5, 0.6) is 0 Å². The van der Waals surface area contributed by atoms with E-state index in [9.17, 15) is 9.59 Å². The van der Waals surface area contributed by atoms with Gasteiger partial charge in [0.1, 0.15) is 0 Å². The first-order chi connectivity index (χ1) is 12.5. The van der Waals surface area contributed by atoms with Crippen LogP contribution in [-0.4, -0.2) is 49.6 Å². The Labute approximate surface area is 155 Å². The first kappa shape index (κ1) is 18.9. The number of anilines is 1. The second kappa shape index (κ2) is 8.64. The molecule has 2 N–H and O–H groups in total. The first-order valence-electron chi connectivity index (χ1n) is 9.48. The molecule has 26 heavy (non-hydrogen) atoms. The largest absolute Gasteiger partial charge is 0.381 e. The third-order valence-corrected chi connectivity index (χ3v) is 5.43. The predicted molar refractivity (Wildman–Crippen MR) is 101 cm³/mol. The summed E-state index contributed by atoms with van der Waals surface area (Å²) in [6.45, 7) is 6.18. The normalized spacial score (nSPS) is 19.9. The number of amides is 2. The van der Waals surface area contributed by atoms with Gasteiger partial charge in [0.05, 0.1) is 6.54 Å². The molecule has 2 amide bonds. The number of nitrogens with zero attached hydrogens (tertiary/aromatic N) is 1. The smallest absolute Gasteiger partial charge is 0.234 e. The van der Waals surface area contributed by atoms with Gasteiger partial charge in [-0.1, -0.05) is 12.1 Å². The fourth-order valence-corrected chi connectivity index (χ4v) is 4.03. The molecule has 6 heteroatoms. The number of likely N-dealkylation sites (tertiary alicyclic amines) is 1. The molecule has 0 aliphatic carbocycles. The highest BCUT2D eigenvalue weighted by Gasteiger charge is 2.37. The third-order valence-electron chi connectivity index (χ3n) is 5.43. The molecule has 1 aromatic carbocycles. The Hall–Kier alpha value is -1.92. The zero-order chi connectivity index (χ0) is 18.4. The number of hydrogen-bond donors (Lipinski definition) is 2. The molecule has 0 radical (unpaired) electrons. The second-order valence-corrected chi connectivity index (χ2v) is 7.58. The molecule has 0 bridgehead atoms. The number of carbonyl (C=O) groups excluding carboxylic acids is 2. The van der Waals surface area contributed by atoms with Crippen molar-refractivity contribution in [3.8, 4) is 0 Å². The zero-order valence-electron chi connectivity index (χ0n) is 15.6.